The third kappa shape index (κ3) is 4.73. The Morgan fingerprint density at radius 1 is 1.09 bits per heavy atom. The Bertz CT molecular complexity index is 1470. The van der Waals surface area contributed by atoms with E-state index in [2.05, 4.69) is 20.0 Å². The van der Waals surface area contributed by atoms with E-state index in [-0.39, 0.29) is 22.3 Å². The van der Waals surface area contributed by atoms with Gasteiger partial charge in [-0.25, -0.2) is 18.4 Å². The van der Waals surface area contributed by atoms with Crippen LogP contribution >= 0.6 is 11.3 Å². The Hall–Kier alpha value is -4.10. The van der Waals surface area contributed by atoms with Crippen molar-refractivity contribution in [2.75, 3.05) is 17.1 Å². The van der Waals surface area contributed by atoms with Gasteiger partial charge >= 0.3 is 0 Å². The van der Waals surface area contributed by atoms with Crippen molar-refractivity contribution in [1.29, 1.82) is 0 Å². The Morgan fingerprint density at radius 2 is 1.82 bits per heavy atom. The molecule has 4 aromatic rings. The van der Waals surface area contributed by atoms with Gasteiger partial charge in [-0.1, -0.05) is 0 Å². The van der Waals surface area contributed by atoms with E-state index >= 15 is 0 Å². The highest BCUT2D eigenvalue weighted by molar-refractivity contribution is 7.92. The molecular formula is C20H15N5O6S2. The van der Waals surface area contributed by atoms with Gasteiger partial charge in [-0.3, -0.25) is 19.6 Å². The average Bonchev–Trinajstić information content (AvgIpc) is 3.23. The lowest BCUT2D eigenvalue weighted by molar-refractivity contribution is -0.384. The molecule has 11 nitrogen and oxygen atoms in total. The molecule has 0 aliphatic carbocycles. The summed E-state index contributed by atoms with van der Waals surface area (Å²) in [6.45, 7) is 0. The highest BCUT2D eigenvalue weighted by Gasteiger charge is 2.19. The van der Waals surface area contributed by atoms with Gasteiger partial charge in [-0.05, 0) is 36.4 Å². The van der Waals surface area contributed by atoms with E-state index in [4.69, 9.17) is 4.74 Å². The van der Waals surface area contributed by atoms with Gasteiger partial charge in [0.05, 0.1) is 21.8 Å². The number of nitrogens with zero attached hydrogens (tertiary/aromatic N) is 3. The first-order valence-corrected chi connectivity index (χ1v) is 11.5. The third-order valence-corrected chi connectivity index (χ3v) is 6.92. The molecule has 4 rings (SSSR count). The van der Waals surface area contributed by atoms with E-state index in [0.717, 1.165) is 4.70 Å². The van der Waals surface area contributed by atoms with Gasteiger partial charge in [0.1, 0.15) is 0 Å². The number of amides is 1. The number of anilines is 2. The molecule has 0 bridgehead atoms. The summed E-state index contributed by atoms with van der Waals surface area (Å²) in [5, 5.41) is 14.2. The number of non-ortho nitro benzene ring substituents is 1. The number of aromatic nitrogens is 2. The minimum atomic E-state index is -3.97. The topological polar surface area (TPSA) is 153 Å². The molecule has 1 amide bonds. The fourth-order valence-corrected chi connectivity index (χ4v) is 4.84. The van der Waals surface area contributed by atoms with E-state index in [9.17, 15) is 23.3 Å². The molecule has 2 N–H and O–H groups in total. The molecule has 0 fully saturated rings. The molecule has 2 heterocycles. The number of ether oxygens (including phenoxy) is 1. The molecular weight excluding hydrogens is 470 g/mol. The van der Waals surface area contributed by atoms with Crippen LogP contribution in [-0.2, 0) is 10.0 Å². The molecule has 0 spiro atoms. The number of benzene rings is 2. The lowest BCUT2D eigenvalue weighted by Gasteiger charge is -2.10. The summed E-state index contributed by atoms with van der Waals surface area (Å²) in [5.74, 6) is -0.446. The highest BCUT2D eigenvalue weighted by Crippen LogP contribution is 2.29. The first-order chi connectivity index (χ1) is 15.8. The summed E-state index contributed by atoms with van der Waals surface area (Å²) in [5.41, 5.74) is 0.316. The van der Waals surface area contributed by atoms with Gasteiger partial charge in [0, 0.05) is 40.3 Å². The number of rotatable bonds is 7. The van der Waals surface area contributed by atoms with Crippen LogP contribution < -0.4 is 14.8 Å². The number of carbonyl (C=O) groups is 1. The number of nitro groups is 1. The van der Waals surface area contributed by atoms with Gasteiger partial charge < -0.3 is 10.1 Å². The number of nitrogens with one attached hydrogen (secondary N) is 2. The maximum absolute atomic E-state index is 12.6. The molecule has 2 aromatic carbocycles. The zero-order valence-corrected chi connectivity index (χ0v) is 18.5. The summed E-state index contributed by atoms with van der Waals surface area (Å²) in [6, 6.07) is 11.5. The van der Waals surface area contributed by atoms with Gasteiger partial charge in [0.25, 0.3) is 27.5 Å². The van der Waals surface area contributed by atoms with Crippen LogP contribution in [-0.4, -0.2) is 36.3 Å². The summed E-state index contributed by atoms with van der Waals surface area (Å²) in [4.78, 5) is 31.1. The second kappa shape index (κ2) is 8.80. The van der Waals surface area contributed by atoms with Crippen molar-refractivity contribution in [2.45, 2.75) is 4.90 Å². The van der Waals surface area contributed by atoms with E-state index in [1.54, 1.807) is 12.1 Å². The second-order valence-electron chi connectivity index (χ2n) is 6.59. The zero-order chi connectivity index (χ0) is 23.6. The Balaban J connectivity index is 1.49. The standard InChI is InChI=1S/C20H15N5O6S2/c1-31-20-18(21-8-9-22-20)24-33(29,30)15-5-2-13(3-6-15)23-19(26)17-11-12-10-14(25(27)28)4-7-16(12)32-17/h2-11H,1H3,(H,21,24)(H,23,26). The molecule has 0 atom stereocenters. The van der Waals surface area contributed by atoms with Crippen molar-refractivity contribution in [2.24, 2.45) is 0 Å². The first-order valence-electron chi connectivity index (χ1n) is 9.24. The van der Waals surface area contributed by atoms with Gasteiger partial charge in [0.15, 0.2) is 0 Å². The first kappa shape index (κ1) is 22.1. The lowest BCUT2D eigenvalue weighted by atomic mass is 10.2. The van der Waals surface area contributed by atoms with Crippen LogP contribution in [0.4, 0.5) is 17.2 Å². The normalized spacial score (nSPS) is 11.2. The monoisotopic (exact) mass is 485 g/mol. The number of carbonyl (C=O) groups excluding carboxylic acids is 1. The van der Waals surface area contributed by atoms with E-state index in [1.165, 1.54) is 67.2 Å². The second-order valence-corrected chi connectivity index (χ2v) is 9.35. The third-order valence-electron chi connectivity index (χ3n) is 4.45. The fourth-order valence-electron chi connectivity index (χ4n) is 2.90. The number of nitro benzene ring substituents is 1. The van der Waals surface area contributed by atoms with Crippen LogP contribution in [0.15, 0.2) is 65.8 Å². The van der Waals surface area contributed by atoms with Crippen LogP contribution in [0.5, 0.6) is 5.88 Å². The lowest BCUT2D eigenvalue weighted by Crippen LogP contribution is -2.15. The predicted octanol–water partition coefficient (Wildman–Crippen LogP) is 3.66. The fraction of sp³-hybridized carbons (Fsp3) is 0.0500. The molecule has 2 aromatic heterocycles. The van der Waals surface area contributed by atoms with E-state index in [1.807, 2.05) is 0 Å². The molecule has 0 radical (unpaired) electrons. The van der Waals surface area contributed by atoms with Crippen LogP contribution in [0.3, 0.4) is 0 Å². The summed E-state index contributed by atoms with van der Waals surface area (Å²) >= 11 is 1.19. The number of hydrogen-bond donors (Lipinski definition) is 2. The molecule has 168 valence electrons. The van der Waals surface area contributed by atoms with Crippen molar-refractivity contribution in [3.8, 4) is 5.88 Å². The minimum absolute atomic E-state index is 0.0265. The highest BCUT2D eigenvalue weighted by atomic mass is 32.2. The number of hydrogen-bond acceptors (Lipinski definition) is 9. The van der Waals surface area contributed by atoms with Crippen LogP contribution in [0.1, 0.15) is 9.67 Å². The largest absolute Gasteiger partial charge is 0.478 e. The van der Waals surface area contributed by atoms with Gasteiger partial charge in [-0.2, -0.15) is 0 Å². The van der Waals surface area contributed by atoms with E-state index < -0.39 is 20.9 Å². The molecule has 0 saturated heterocycles. The number of fused-ring (bicyclic) bond motifs is 1. The maximum Gasteiger partial charge on any atom is 0.270 e. The van der Waals surface area contributed by atoms with Crippen LogP contribution in [0.2, 0.25) is 0 Å². The molecule has 0 unspecified atom stereocenters. The molecule has 33 heavy (non-hydrogen) atoms. The van der Waals surface area contributed by atoms with Crippen molar-refractivity contribution < 1.29 is 22.9 Å². The molecule has 13 heteroatoms. The van der Waals surface area contributed by atoms with Crippen molar-refractivity contribution >= 4 is 54.5 Å². The number of sulfonamides is 1. The SMILES string of the molecule is COc1nccnc1NS(=O)(=O)c1ccc(NC(=O)c2cc3cc([N+](=O)[O-])ccc3s2)cc1. The molecule has 0 saturated carbocycles. The number of methoxy groups -OCH3 is 1. The van der Waals surface area contributed by atoms with Gasteiger partial charge in [-0.15, -0.1) is 11.3 Å². The summed E-state index contributed by atoms with van der Waals surface area (Å²) < 4.78 is 33.3. The molecule has 0 aliphatic heterocycles. The molecule has 0 aliphatic rings. The minimum Gasteiger partial charge on any atom is -0.478 e. The van der Waals surface area contributed by atoms with Crippen molar-refractivity contribution in [3.05, 3.63) is 75.9 Å². The Kier molecular flexibility index (Phi) is 5.89. The summed E-state index contributed by atoms with van der Waals surface area (Å²) in [6.07, 6.45) is 2.69. The van der Waals surface area contributed by atoms with E-state index in [0.29, 0.717) is 16.0 Å². The zero-order valence-electron chi connectivity index (χ0n) is 16.9. The van der Waals surface area contributed by atoms with Crippen molar-refractivity contribution in [1.82, 2.24) is 9.97 Å². The van der Waals surface area contributed by atoms with Gasteiger partial charge in [0.2, 0.25) is 5.82 Å². The van der Waals surface area contributed by atoms with Crippen molar-refractivity contribution in [3.63, 3.8) is 0 Å². The Morgan fingerprint density at radius 3 is 2.52 bits per heavy atom. The van der Waals surface area contributed by atoms with Crippen LogP contribution in [0.25, 0.3) is 10.1 Å². The smallest absolute Gasteiger partial charge is 0.270 e. The average molecular weight is 486 g/mol. The maximum atomic E-state index is 12.6. The van der Waals surface area contributed by atoms with Crippen LogP contribution in [0, 0.1) is 10.1 Å². The number of thiophene rings is 1. The quantitative estimate of drug-likeness (QED) is 0.297. The summed E-state index contributed by atoms with van der Waals surface area (Å²) in [7, 11) is -2.63. The Labute approximate surface area is 191 Å². The predicted molar refractivity (Wildman–Crippen MR) is 122 cm³/mol.